The number of piperazine rings is 1. The first kappa shape index (κ1) is 20.6. The largest absolute Gasteiger partial charge is 0.351 e. The highest BCUT2D eigenvalue weighted by atomic mass is 32.2. The molecule has 1 aliphatic heterocycles. The molecule has 2 N–H and O–H groups in total. The van der Waals surface area contributed by atoms with Crippen LogP contribution in [-0.2, 0) is 14.8 Å². The zero-order chi connectivity index (χ0) is 19.2. The molecule has 1 aromatic carbocycles. The summed E-state index contributed by atoms with van der Waals surface area (Å²) in [6.45, 7) is 8.82. The van der Waals surface area contributed by atoms with Gasteiger partial charge in [-0.05, 0) is 24.5 Å². The van der Waals surface area contributed by atoms with Crippen molar-refractivity contribution in [3.63, 3.8) is 0 Å². The number of carbonyl (C=O) groups is 1. The predicted octanol–water partition coefficient (Wildman–Crippen LogP) is 0.348. The van der Waals surface area contributed by atoms with Crippen LogP contribution in [0.25, 0.3) is 6.08 Å². The number of hydrogen-bond acceptors (Lipinski definition) is 3. The van der Waals surface area contributed by atoms with E-state index in [4.69, 9.17) is 0 Å². The predicted molar refractivity (Wildman–Crippen MR) is 104 cm³/mol. The van der Waals surface area contributed by atoms with Crippen LogP contribution in [-0.4, -0.2) is 57.4 Å². The molecule has 1 saturated heterocycles. The minimum Gasteiger partial charge on any atom is -0.351 e. The first-order valence-corrected chi connectivity index (χ1v) is 10.7. The Bertz CT molecular complexity index is 709. The minimum absolute atomic E-state index is 0.0361. The summed E-state index contributed by atoms with van der Waals surface area (Å²) in [6.07, 6.45) is 1.62. The fourth-order valence-electron chi connectivity index (χ4n) is 2.92. The normalized spacial score (nSPS) is 18.3. The number of nitrogens with zero attached hydrogens (tertiary/aromatic N) is 1. The van der Waals surface area contributed by atoms with E-state index in [1.165, 1.54) is 9.71 Å². The third-order valence-electron chi connectivity index (χ3n) is 4.65. The molecule has 0 aromatic heterocycles. The molecule has 2 rings (SSSR count). The SMILES string of the molecule is CC(C)CNC(=O)[C@H](C)[NH+]1CCN(S(=O)(=O)/C=C/c2ccccc2)CC1. The van der Waals surface area contributed by atoms with E-state index >= 15 is 0 Å². The number of carbonyl (C=O) groups excluding carboxylic acids is 1. The fourth-order valence-corrected chi connectivity index (χ4v) is 4.11. The monoisotopic (exact) mass is 380 g/mol. The summed E-state index contributed by atoms with van der Waals surface area (Å²) in [5, 5.41) is 4.23. The maximum atomic E-state index is 12.5. The van der Waals surface area contributed by atoms with E-state index in [0.717, 1.165) is 10.5 Å². The molecule has 0 bridgehead atoms. The molecule has 0 spiro atoms. The number of sulfonamides is 1. The van der Waals surface area contributed by atoms with Gasteiger partial charge in [0.2, 0.25) is 10.0 Å². The zero-order valence-electron chi connectivity index (χ0n) is 15.8. The van der Waals surface area contributed by atoms with Gasteiger partial charge in [-0.3, -0.25) is 4.79 Å². The van der Waals surface area contributed by atoms with Crippen molar-refractivity contribution >= 4 is 22.0 Å². The molecular weight excluding hydrogens is 350 g/mol. The van der Waals surface area contributed by atoms with Crippen LogP contribution in [0.1, 0.15) is 26.3 Å². The summed E-state index contributed by atoms with van der Waals surface area (Å²) in [5.41, 5.74) is 0.857. The Balaban J connectivity index is 1.88. The quantitative estimate of drug-likeness (QED) is 0.717. The Morgan fingerprint density at radius 1 is 1.19 bits per heavy atom. The van der Waals surface area contributed by atoms with Gasteiger partial charge >= 0.3 is 0 Å². The van der Waals surface area contributed by atoms with E-state index < -0.39 is 10.0 Å². The fraction of sp³-hybridized carbons (Fsp3) is 0.526. The lowest BCUT2D eigenvalue weighted by Gasteiger charge is -2.33. The maximum absolute atomic E-state index is 12.5. The molecular formula is C19H30N3O3S+. The third-order valence-corrected chi connectivity index (χ3v) is 6.21. The van der Waals surface area contributed by atoms with Crippen molar-refractivity contribution in [2.75, 3.05) is 32.7 Å². The van der Waals surface area contributed by atoms with E-state index in [1.807, 2.05) is 37.3 Å². The smallest absolute Gasteiger partial charge is 0.278 e. The number of benzene rings is 1. The Hall–Kier alpha value is -1.70. The highest BCUT2D eigenvalue weighted by Crippen LogP contribution is 2.08. The second kappa shape index (κ2) is 9.30. The minimum atomic E-state index is -3.43. The van der Waals surface area contributed by atoms with Crippen molar-refractivity contribution in [1.29, 1.82) is 0 Å². The van der Waals surface area contributed by atoms with E-state index in [2.05, 4.69) is 19.2 Å². The first-order chi connectivity index (χ1) is 12.3. The van der Waals surface area contributed by atoms with Gasteiger partial charge < -0.3 is 10.2 Å². The summed E-state index contributed by atoms with van der Waals surface area (Å²) in [4.78, 5) is 13.3. The van der Waals surface area contributed by atoms with Gasteiger partial charge in [-0.15, -0.1) is 0 Å². The Labute approximate surface area is 156 Å². The standard InChI is InChI=1S/C19H29N3O3S/c1-16(2)15-20-19(23)17(3)21-10-12-22(13-11-21)26(24,25)14-9-18-7-5-4-6-8-18/h4-9,14,16-17H,10-13,15H2,1-3H3,(H,20,23)/p+1/b14-9+/t17-/m0/s1. The van der Waals surface area contributed by atoms with Crippen LogP contribution in [0, 0.1) is 5.92 Å². The third kappa shape index (κ3) is 5.93. The van der Waals surface area contributed by atoms with Crippen molar-refractivity contribution in [3.05, 3.63) is 41.3 Å². The summed E-state index contributed by atoms with van der Waals surface area (Å²) in [6, 6.07) is 9.21. The van der Waals surface area contributed by atoms with Crippen LogP contribution in [0.2, 0.25) is 0 Å². The van der Waals surface area contributed by atoms with Gasteiger partial charge in [0, 0.05) is 12.0 Å². The molecule has 1 aliphatic rings. The number of quaternary nitrogens is 1. The average Bonchev–Trinajstić information content (AvgIpc) is 2.65. The lowest BCUT2D eigenvalue weighted by atomic mass is 10.2. The lowest BCUT2D eigenvalue weighted by molar-refractivity contribution is -0.917. The van der Waals surface area contributed by atoms with Crippen LogP contribution in [0.4, 0.5) is 0 Å². The number of amides is 1. The molecule has 26 heavy (non-hydrogen) atoms. The average molecular weight is 381 g/mol. The highest BCUT2D eigenvalue weighted by molar-refractivity contribution is 7.92. The highest BCUT2D eigenvalue weighted by Gasteiger charge is 2.32. The van der Waals surface area contributed by atoms with Crippen molar-refractivity contribution < 1.29 is 18.1 Å². The second-order valence-electron chi connectivity index (χ2n) is 7.18. The van der Waals surface area contributed by atoms with Gasteiger partial charge in [-0.2, -0.15) is 4.31 Å². The number of nitrogens with one attached hydrogen (secondary N) is 2. The molecule has 1 fully saturated rings. The number of hydrogen-bond donors (Lipinski definition) is 2. The molecule has 7 heteroatoms. The van der Waals surface area contributed by atoms with Crippen LogP contribution < -0.4 is 10.2 Å². The van der Waals surface area contributed by atoms with Gasteiger partial charge in [0.25, 0.3) is 5.91 Å². The zero-order valence-corrected chi connectivity index (χ0v) is 16.6. The molecule has 0 saturated carbocycles. The topological polar surface area (TPSA) is 70.9 Å². The summed E-state index contributed by atoms with van der Waals surface area (Å²) in [7, 11) is -3.43. The molecule has 1 atom stereocenters. The number of rotatable bonds is 7. The molecule has 1 heterocycles. The van der Waals surface area contributed by atoms with Gasteiger partial charge in [0.05, 0.1) is 26.2 Å². The molecule has 0 unspecified atom stereocenters. The van der Waals surface area contributed by atoms with Crippen molar-refractivity contribution in [2.24, 2.45) is 5.92 Å². The van der Waals surface area contributed by atoms with E-state index in [0.29, 0.717) is 38.6 Å². The van der Waals surface area contributed by atoms with Crippen LogP contribution in [0.15, 0.2) is 35.7 Å². The van der Waals surface area contributed by atoms with Crippen molar-refractivity contribution in [3.8, 4) is 0 Å². The van der Waals surface area contributed by atoms with Gasteiger partial charge in [0.1, 0.15) is 0 Å². The molecule has 144 valence electrons. The van der Waals surface area contributed by atoms with E-state index in [1.54, 1.807) is 6.08 Å². The summed E-state index contributed by atoms with van der Waals surface area (Å²) in [5.74, 6) is 0.452. The van der Waals surface area contributed by atoms with Crippen LogP contribution in [0.5, 0.6) is 0 Å². The molecule has 0 radical (unpaired) electrons. The van der Waals surface area contributed by atoms with Gasteiger partial charge in [-0.1, -0.05) is 44.2 Å². The van der Waals surface area contributed by atoms with Crippen molar-refractivity contribution in [2.45, 2.75) is 26.8 Å². The van der Waals surface area contributed by atoms with Crippen molar-refractivity contribution in [1.82, 2.24) is 9.62 Å². The molecule has 0 aliphatic carbocycles. The Morgan fingerprint density at radius 3 is 2.38 bits per heavy atom. The molecule has 1 amide bonds. The lowest BCUT2D eigenvalue weighted by Crippen LogP contribution is -3.19. The first-order valence-electron chi connectivity index (χ1n) is 9.15. The second-order valence-corrected chi connectivity index (χ2v) is 8.99. The Kier molecular flexibility index (Phi) is 7.37. The van der Waals surface area contributed by atoms with E-state index in [9.17, 15) is 13.2 Å². The van der Waals surface area contributed by atoms with Gasteiger partial charge in [0.15, 0.2) is 6.04 Å². The summed E-state index contributed by atoms with van der Waals surface area (Å²) < 4.78 is 26.5. The Morgan fingerprint density at radius 2 is 1.81 bits per heavy atom. The molecule has 6 nitrogen and oxygen atoms in total. The van der Waals surface area contributed by atoms with Crippen LogP contribution >= 0.6 is 0 Å². The van der Waals surface area contributed by atoms with Crippen LogP contribution in [0.3, 0.4) is 0 Å². The van der Waals surface area contributed by atoms with E-state index in [-0.39, 0.29) is 11.9 Å². The summed E-state index contributed by atoms with van der Waals surface area (Å²) >= 11 is 0. The maximum Gasteiger partial charge on any atom is 0.278 e. The van der Waals surface area contributed by atoms with Gasteiger partial charge in [-0.25, -0.2) is 8.42 Å². The molecule has 1 aromatic rings.